The number of amides is 1. The number of halogens is 1. The lowest BCUT2D eigenvalue weighted by molar-refractivity contribution is 0.0952. The Morgan fingerprint density at radius 2 is 1.91 bits per heavy atom. The van der Waals surface area contributed by atoms with Crippen molar-refractivity contribution in [2.24, 2.45) is 0 Å². The molecule has 2 heterocycles. The first-order valence-electron chi connectivity index (χ1n) is 10.1. The first-order chi connectivity index (χ1) is 15.7. The number of carbonyl (C=O) groups excluding carboxylic acids is 1. The van der Waals surface area contributed by atoms with Crippen LogP contribution in [0.25, 0.3) is 10.1 Å². The minimum absolute atomic E-state index is 0.0460. The molecule has 0 saturated carbocycles. The highest BCUT2D eigenvalue weighted by atomic mass is 35.5. The maximum atomic E-state index is 13.1. The maximum Gasteiger partial charge on any atom is 0.280 e. The Morgan fingerprint density at radius 1 is 1.15 bits per heavy atom. The number of sulfonamides is 1. The van der Waals surface area contributed by atoms with Crippen LogP contribution >= 0.6 is 23.1 Å². The summed E-state index contributed by atoms with van der Waals surface area (Å²) in [5, 5.41) is 3.85. The van der Waals surface area contributed by atoms with Crippen molar-refractivity contribution in [1.82, 2.24) is 14.7 Å². The lowest BCUT2D eigenvalue weighted by Gasteiger charge is -2.16. The molecule has 0 spiro atoms. The van der Waals surface area contributed by atoms with E-state index in [4.69, 9.17) is 11.6 Å². The smallest absolute Gasteiger partial charge is 0.280 e. The molecule has 0 saturated heterocycles. The van der Waals surface area contributed by atoms with Crippen LogP contribution in [0.15, 0.2) is 66.0 Å². The summed E-state index contributed by atoms with van der Waals surface area (Å²) in [6.45, 7) is 4.19. The third-order valence-electron chi connectivity index (χ3n) is 5.17. The van der Waals surface area contributed by atoms with Gasteiger partial charge in [-0.1, -0.05) is 36.7 Å². The third-order valence-corrected chi connectivity index (χ3v) is 7.51. The standard InChI is InChI=1S/C23H21ClN4O3S2/c1-14-3-8-18(22(29)26-12-15(2)16-4-6-17(24)7-5-16)20(11-14)28-33(30,31)23-19-13-27-32-21(19)9-10-25-23/h3-11,13,15,28H,12H2,1-2H3,(H,26,29). The summed E-state index contributed by atoms with van der Waals surface area (Å²) in [5.41, 5.74) is 2.26. The van der Waals surface area contributed by atoms with Crippen LogP contribution in [-0.2, 0) is 10.0 Å². The molecule has 4 aromatic rings. The molecule has 33 heavy (non-hydrogen) atoms. The SMILES string of the molecule is Cc1ccc(C(=O)NCC(C)c2ccc(Cl)cc2)c(NS(=O)(=O)c2nccc3sncc23)c1. The molecule has 0 radical (unpaired) electrons. The monoisotopic (exact) mass is 500 g/mol. The molecule has 1 unspecified atom stereocenters. The maximum absolute atomic E-state index is 13.1. The van der Waals surface area contributed by atoms with Crippen LogP contribution in [0.2, 0.25) is 5.02 Å². The molecule has 1 amide bonds. The molecule has 2 aromatic carbocycles. The Balaban J connectivity index is 1.56. The van der Waals surface area contributed by atoms with Gasteiger partial charge in [0.2, 0.25) is 0 Å². The number of hydrogen-bond acceptors (Lipinski definition) is 6. The Hall–Kier alpha value is -3.01. The Labute approximate surface area is 201 Å². The minimum atomic E-state index is -4.05. The van der Waals surface area contributed by atoms with Gasteiger partial charge in [0.15, 0.2) is 5.03 Å². The number of aryl methyl sites for hydroxylation is 1. The van der Waals surface area contributed by atoms with Gasteiger partial charge >= 0.3 is 0 Å². The third kappa shape index (κ3) is 5.16. The van der Waals surface area contributed by atoms with Crippen LogP contribution in [0.5, 0.6) is 0 Å². The number of carbonyl (C=O) groups is 1. The summed E-state index contributed by atoms with van der Waals surface area (Å²) in [5.74, 6) is -0.332. The van der Waals surface area contributed by atoms with E-state index in [9.17, 15) is 13.2 Å². The summed E-state index contributed by atoms with van der Waals surface area (Å²) < 4.78 is 33.6. The molecule has 0 aliphatic rings. The van der Waals surface area contributed by atoms with Crippen molar-refractivity contribution < 1.29 is 13.2 Å². The van der Waals surface area contributed by atoms with Crippen LogP contribution in [0.1, 0.15) is 34.3 Å². The quantitative estimate of drug-likeness (QED) is 0.372. The molecule has 10 heteroatoms. The lowest BCUT2D eigenvalue weighted by Crippen LogP contribution is -2.29. The second-order valence-electron chi connectivity index (χ2n) is 7.67. The Kier molecular flexibility index (Phi) is 6.64. The molecule has 2 N–H and O–H groups in total. The number of nitrogens with zero attached hydrogens (tertiary/aromatic N) is 2. The van der Waals surface area contributed by atoms with Gasteiger partial charge < -0.3 is 5.32 Å². The van der Waals surface area contributed by atoms with Crippen molar-refractivity contribution in [3.8, 4) is 0 Å². The molecule has 0 fully saturated rings. The number of benzene rings is 2. The Morgan fingerprint density at radius 3 is 2.67 bits per heavy atom. The van der Waals surface area contributed by atoms with Crippen LogP contribution in [0, 0.1) is 6.92 Å². The van der Waals surface area contributed by atoms with Crippen molar-refractivity contribution in [3.63, 3.8) is 0 Å². The van der Waals surface area contributed by atoms with E-state index < -0.39 is 10.0 Å². The summed E-state index contributed by atoms with van der Waals surface area (Å²) in [7, 11) is -4.05. The van der Waals surface area contributed by atoms with E-state index >= 15 is 0 Å². The fourth-order valence-electron chi connectivity index (χ4n) is 3.37. The van der Waals surface area contributed by atoms with Crippen LogP contribution in [0.4, 0.5) is 5.69 Å². The molecular formula is C23H21ClN4O3S2. The fraction of sp³-hybridized carbons (Fsp3) is 0.174. The van der Waals surface area contributed by atoms with E-state index in [0.717, 1.165) is 11.1 Å². The van der Waals surface area contributed by atoms with Gasteiger partial charge in [-0.3, -0.25) is 9.52 Å². The van der Waals surface area contributed by atoms with Crippen molar-refractivity contribution in [2.45, 2.75) is 24.8 Å². The lowest BCUT2D eigenvalue weighted by atomic mass is 10.0. The fourth-order valence-corrected chi connectivity index (χ4v) is 5.41. The van der Waals surface area contributed by atoms with Crippen molar-refractivity contribution >= 4 is 54.8 Å². The van der Waals surface area contributed by atoms with Gasteiger partial charge in [0.1, 0.15) is 0 Å². The Bertz CT molecular complexity index is 1420. The summed E-state index contributed by atoms with van der Waals surface area (Å²) >= 11 is 7.13. The largest absolute Gasteiger partial charge is 0.351 e. The van der Waals surface area contributed by atoms with Crippen molar-refractivity contribution in [2.75, 3.05) is 11.3 Å². The zero-order valence-corrected chi connectivity index (χ0v) is 20.3. The zero-order chi connectivity index (χ0) is 23.6. The molecule has 0 bridgehead atoms. The predicted octanol–water partition coefficient (Wildman–Crippen LogP) is 4.99. The second kappa shape index (κ2) is 9.46. The van der Waals surface area contributed by atoms with Crippen LogP contribution < -0.4 is 10.0 Å². The van der Waals surface area contributed by atoms with Crippen LogP contribution in [-0.4, -0.2) is 30.2 Å². The van der Waals surface area contributed by atoms with Gasteiger partial charge in [-0.2, -0.15) is 12.8 Å². The van der Waals surface area contributed by atoms with E-state index in [1.807, 2.05) is 26.0 Å². The second-order valence-corrected chi connectivity index (χ2v) is 10.5. The zero-order valence-electron chi connectivity index (χ0n) is 17.9. The number of aromatic nitrogens is 2. The molecule has 0 aliphatic carbocycles. The average Bonchev–Trinajstić information content (AvgIpc) is 3.26. The van der Waals surface area contributed by atoms with Gasteiger partial charge in [0.05, 0.1) is 27.5 Å². The summed E-state index contributed by atoms with van der Waals surface area (Å²) in [6, 6.07) is 14.1. The van der Waals surface area contributed by atoms with E-state index in [2.05, 4.69) is 19.4 Å². The van der Waals surface area contributed by atoms with Gasteiger partial charge in [0.25, 0.3) is 15.9 Å². The number of fused-ring (bicyclic) bond motifs is 1. The first kappa shape index (κ1) is 23.2. The van der Waals surface area contributed by atoms with E-state index in [-0.39, 0.29) is 28.1 Å². The summed E-state index contributed by atoms with van der Waals surface area (Å²) in [6.07, 6.45) is 2.90. The molecule has 4 rings (SSSR count). The number of anilines is 1. The normalized spacial score (nSPS) is 12.5. The van der Waals surface area contributed by atoms with Gasteiger partial charge in [-0.05, 0) is 65.8 Å². The van der Waals surface area contributed by atoms with E-state index in [1.165, 1.54) is 23.9 Å². The summed E-state index contributed by atoms with van der Waals surface area (Å²) in [4.78, 5) is 17.0. The van der Waals surface area contributed by atoms with Crippen molar-refractivity contribution in [3.05, 3.63) is 82.6 Å². The minimum Gasteiger partial charge on any atom is -0.351 e. The molecule has 170 valence electrons. The predicted molar refractivity (Wildman–Crippen MR) is 132 cm³/mol. The van der Waals surface area contributed by atoms with E-state index in [1.54, 1.807) is 36.4 Å². The van der Waals surface area contributed by atoms with Gasteiger partial charge in [-0.25, -0.2) is 4.98 Å². The number of rotatable bonds is 7. The van der Waals surface area contributed by atoms with Crippen molar-refractivity contribution in [1.29, 1.82) is 0 Å². The molecule has 0 aliphatic heterocycles. The number of hydrogen-bond donors (Lipinski definition) is 2. The molecule has 1 atom stereocenters. The van der Waals surface area contributed by atoms with Crippen LogP contribution in [0.3, 0.4) is 0 Å². The first-order valence-corrected chi connectivity index (χ1v) is 12.7. The highest BCUT2D eigenvalue weighted by Crippen LogP contribution is 2.27. The highest BCUT2D eigenvalue weighted by molar-refractivity contribution is 7.92. The van der Waals surface area contributed by atoms with Gasteiger partial charge in [-0.15, -0.1) is 0 Å². The topological polar surface area (TPSA) is 101 Å². The van der Waals surface area contributed by atoms with E-state index in [0.29, 0.717) is 21.7 Å². The average molecular weight is 501 g/mol. The number of nitrogens with one attached hydrogen (secondary N) is 2. The highest BCUT2D eigenvalue weighted by Gasteiger charge is 2.23. The molecule has 7 nitrogen and oxygen atoms in total. The van der Waals surface area contributed by atoms with Gasteiger partial charge in [0, 0.05) is 17.8 Å². The molecular weight excluding hydrogens is 480 g/mol. The molecule has 2 aromatic heterocycles. The number of pyridine rings is 1.